The number of esters is 2. The van der Waals surface area contributed by atoms with Gasteiger partial charge < -0.3 is 20.1 Å². The first kappa shape index (κ1) is 78.0. The summed E-state index contributed by atoms with van der Waals surface area (Å²) in [7, 11) is -4.39. The van der Waals surface area contributed by atoms with Gasteiger partial charge in [-0.05, 0) is 51.4 Å². The molecule has 0 spiro atoms. The molecule has 0 aromatic heterocycles. The van der Waals surface area contributed by atoms with Gasteiger partial charge in [-0.3, -0.25) is 18.6 Å². The van der Waals surface area contributed by atoms with Crippen molar-refractivity contribution in [2.24, 2.45) is 5.73 Å². The molecule has 10 heteroatoms. The molecule has 0 saturated heterocycles. The third kappa shape index (κ3) is 65.1. The molecule has 0 saturated carbocycles. The zero-order valence-electron chi connectivity index (χ0n) is 52.8. The van der Waals surface area contributed by atoms with Crippen LogP contribution in [0, 0.1) is 0 Å². The van der Waals surface area contributed by atoms with Crippen LogP contribution in [0.1, 0.15) is 354 Å². The van der Waals surface area contributed by atoms with Gasteiger partial charge in [0.05, 0.1) is 13.2 Å². The average molecular weight is 1150 g/mol. The summed E-state index contributed by atoms with van der Waals surface area (Å²) >= 11 is 0. The van der Waals surface area contributed by atoms with Gasteiger partial charge in [0.15, 0.2) is 6.10 Å². The highest BCUT2D eigenvalue weighted by Crippen LogP contribution is 2.43. The topological polar surface area (TPSA) is 134 Å². The smallest absolute Gasteiger partial charge is 0.462 e. The summed E-state index contributed by atoms with van der Waals surface area (Å²) in [5.74, 6) is -0.804. The van der Waals surface area contributed by atoms with Gasteiger partial charge in [-0.25, -0.2) is 4.57 Å². The largest absolute Gasteiger partial charge is 0.472 e. The SMILES string of the molecule is CC/C=C\C/C=C\C/C=C\C/C=C\CCCCCCCCCCCCCCCCCCCCCCCCCCCCCCC(=O)OC(COC(=O)CCCCCCCCCCCCCCCCCCCC)COP(=O)(O)OCCN. The van der Waals surface area contributed by atoms with Gasteiger partial charge in [0, 0.05) is 19.4 Å². The lowest BCUT2D eigenvalue weighted by Gasteiger charge is -2.19. The normalized spacial score (nSPS) is 13.2. The predicted molar refractivity (Wildman–Crippen MR) is 344 cm³/mol. The molecule has 2 unspecified atom stereocenters. The zero-order chi connectivity index (χ0) is 58.0. The third-order valence-electron chi connectivity index (χ3n) is 15.5. The van der Waals surface area contributed by atoms with Crippen molar-refractivity contribution in [3.63, 3.8) is 0 Å². The van der Waals surface area contributed by atoms with Crippen molar-refractivity contribution in [2.75, 3.05) is 26.4 Å². The maximum Gasteiger partial charge on any atom is 0.472 e. The molecular weight excluding hydrogens is 1010 g/mol. The first-order chi connectivity index (χ1) is 39.3. The molecule has 0 aromatic carbocycles. The van der Waals surface area contributed by atoms with Gasteiger partial charge in [0.2, 0.25) is 0 Å². The van der Waals surface area contributed by atoms with Gasteiger partial charge in [0.1, 0.15) is 6.61 Å². The minimum atomic E-state index is -4.39. The molecule has 0 aliphatic heterocycles. The number of rotatable bonds is 66. The number of carbonyl (C=O) groups is 2. The number of carbonyl (C=O) groups excluding carboxylic acids is 2. The van der Waals surface area contributed by atoms with Crippen LogP contribution in [0.25, 0.3) is 0 Å². The van der Waals surface area contributed by atoms with Crippen molar-refractivity contribution in [3.8, 4) is 0 Å². The van der Waals surface area contributed by atoms with E-state index in [0.29, 0.717) is 6.42 Å². The maximum atomic E-state index is 12.7. The maximum absolute atomic E-state index is 12.7. The first-order valence-electron chi connectivity index (χ1n) is 34.6. The molecule has 0 aliphatic carbocycles. The van der Waals surface area contributed by atoms with E-state index in [1.54, 1.807) is 0 Å². The number of phosphoric acid groups is 1. The van der Waals surface area contributed by atoms with Crippen LogP contribution in [0.5, 0.6) is 0 Å². The highest BCUT2D eigenvalue weighted by molar-refractivity contribution is 7.47. The van der Waals surface area contributed by atoms with Crippen molar-refractivity contribution in [1.29, 1.82) is 0 Å². The number of hydrogen-bond donors (Lipinski definition) is 2. The Morgan fingerprint density at radius 3 is 1.02 bits per heavy atom. The van der Waals surface area contributed by atoms with Gasteiger partial charge in [-0.1, -0.05) is 339 Å². The Balaban J connectivity index is 3.73. The Morgan fingerprint density at radius 2 is 0.688 bits per heavy atom. The van der Waals surface area contributed by atoms with E-state index in [9.17, 15) is 19.0 Å². The Labute approximate surface area is 496 Å². The highest BCUT2D eigenvalue weighted by atomic mass is 31.2. The molecule has 0 amide bonds. The van der Waals surface area contributed by atoms with Crippen molar-refractivity contribution in [2.45, 2.75) is 360 Å². The fourth-order valence-electron chi connectivity index (χ4n) is 10.4. The van der Waals surface area contributed by atoms with Crippen molar-refractivity contribution >= 4 is 19.8 Å². The summed E-state index contributed by atoms with van der Waals surface area (Å²) in [5, 5.41) is 0. The molecule has 470 valence electrons. The summed E-state index contributed by atoms with van der Waals surface area (Å²) in [6.45, 7) is 3.70. The second-order valence-corrected chi connectivity index (χ2v) is 24.8. The van der Waals surface area contributed by atoms with Crippen LogP contribution in [0.3, 0.4) is 0 Å². The van der Waals surface area contributed by atoms with Gasteiger partial charge in [-0.2, -0.15) is 0 Å². The van der Waals surface area contributed by atoms with Crippen LogP contribution < -0.4 is 5.73 Å². The molecule has 0 radical (unpaired) electrons. The van der Waals surface area contributed by atoms with E-state index < -0.39 is 26.5 Å². The van der Waals surface area contributed by atoms with E-state index in [-0.39, 0.29) is 38.6 Å². The first-order valence-corrected chi connectivity index (χ1v) is 36.1. The fourth-order valence-corrected chi connectivity index (χ4v) is 11.2. The standard InChI is InChI=1S/C70H132NO8P/c1-3-5-7-9-11-13-15-17-19-21-23-24-25-26-27-28-29-30-31-32-33-34-35-36-37-38-39-40-41-42-43-44-45-47-49-51-53-55-57-59-61-63-70(73)79-68(67-78-80(74,75)77-65-64-71)66-76-69(72)62-60-58-56-54-52-50-48-46-22-20-18-16-14-12-10-8-6-4-2/h5,7,11,13,17,19,23-24,68H,3-4,6,8-10,12,14-16,18,20-22,25-67,71H2,1-2H3,(H,74,75)/b7-5-,13-11-,19-17-,24-23-. The Hall–Kier alpha value is -2.03. The molecule has 3 N–H and O–H groups in total. The lowest BCUT2D eigenvalue weighted by Crippen LogP contribution is -2.29. The second-order valence-electron chi connectivity index (χ2n) is 23.4. The summed E-state index contributed by atoms with van der Waals surface area (Å²) in [5.41, 5.74) is 5.39. The number of hydrogen-bond acceptors (Lipinski definition) is 8. The molecule has 0 fully saturated rings. The Kier molecular flexibility index (Phi) is 64.4. The Bertz CT molecular complexity index is 1450. The quantitative estimate of drug-likeness (QED) is 0.0264. The van der Waals surface area contributed by atoms with Gasteiger partial charge >= 0.3 is 19.8 Å². The van der Waals surface area contributed by atoms with Crippen LogP contribution in [0.15, 0.2) is 48.6 Å². The van der Waals surface area contributed by atoms with E-state index in [0.717, 1.165) is 57.8 Å². The van der Waals surface area contributed by atoms with Crippen molar-refractivity contribution in [3.05, 3.63) is 48.6 Å². The predicted octanol–water partition coefficient (Wildman–Crippen LogP) is 22.5. The number of phosphoric ester groups is 1. The summed E-state index contributed by atoms with van der Waals surface area (Å²) in [6.07, 6.45) is 83.7. The monoisotopic (exact) mass is 1150 g/mol. The lowest BCUT2D eigenvalue weighted by molar-refractivity contribution is -0.161. The summed E-state index contributed by atoms with van der Waals surface area (Å²) in [4.78, 5) is 35.3. The minimum Gasteiger partial charge on any atom is -0.462 e. The van der Waals surface area contributed by atoms with Crippen LogP contribution in [0.4, 0.5) is 0 Å². The second kappa shape index (κ2) is 66.1. The van der Waals surface area contributed by atoms with E-state index in [1.165, 1.54) is 263 Å². The van der Waals surface area contributed by atoms with Gasteiger partial charge in [0.25, 0.3) is 0 Å². The van der Waals surface area contributed by atoms with Crippen LogP contribution in [-0.2, 0) is 32.7 Å². The molecule has 0 heterocycles. The lowest BCUT2D eigenvalue weighted by atomic mass is 10.0. The molecular formula is C70H132NO8P. The minimum absolute atomic E-state index is 0.0567. The summed E-state index contributed by atoms with van der Waals surface area (Å²) in [6, 6.07) is 0. The average Bonchev–Trinajstić information content (AvgIpc) is 3.45. The molecule has 0 aliphatic rings. The van der Waals surface area contributed by atoms with Crippen LogP contribution in [0.2, 0.25) is 0 Å². The molecule has 2 atom stereocenters. The fraction of sp³-hybridized carbons (Fsp3) is 0.857. The number of unbranched alkanes of at least 4 members (excludes halogenated alkanes) is 45. The van der Waals surface area contributed by atoms with Crippen molar-refractivity contribution < 1.29 is 37.6 Å². The molecule has 80 heavy (non-hydrogen) atoms. The third-order valence-corrected chi connectivity index (χ3v) is 16.5. The van der Waals surface area contributed by atoms with E-state index >= 15 is 0 Å². The van der Waals surface area contributed by atoms with Crippen LogP contribution >= 0.6 is 7.82 Å². The number of ether oxygens (including phenoxy) is 2. The molecule has 9 nitrogen and oxygen atoms in total. The van der Waals surface area contributed by atoms with Gasteiger partial charge in [-0.15, -0.1) is 0 Å². The van der Waals surface area contributed by atoms with E-state index in [1.807, 2.05) is 0 Å². The van der Waals surface area contributed by atoms with E-state index in [2.05, 4.69) is 62.5 Å². The molecule has 0 bridgehead atoms. The van der Waals surface area contributed by atoms with Crippen molar-refractivity contribution in [1.82, 2.24) is 0 Å². The molecule has 0 rings (SSSR count). The summed E-state index contributed by atoms with van der Waals surface area (Å²) < 4.78 is 33.1. The zero-order valence-corrected chi connectivity index (χ0v) is 53.7. The Morgan fingerprint density at radius 1 is 0.388 bits per heavy atom. The van der Waals surface area contributed by atoms with Crippen LogP contribution in [-0.4, -0.2) is 49.3 Å². The van der Waals surface area contributed by atoms with E-state index in [4.69, 9.17) is 24.3 Å². The molecule has 0 aromatic rings. The number of allylic oxidation sites excluding steroid dienone is 8. The highest BCUT2D eigenvalue weighted by Gasteiger charge is 2.26. The number of nitrogens with two attached hydrogens (primary N) is 1.